The lowest BCUT2D eigenvalue weighted by molar-refractivity contribution is 0.669. The van der Waals surface area contributed by atoms with Crippen LogP contribution in [-0.2, 0) is 0 Å². The molecule has 5 nitrogen and oxygen atoms in total. The molecule has 0 spiro atoms. The van der Waals surface area contributed by atoms with Crippen LogP contribution in [0.5, 0.6) is 0 Å². The molecule has 7 aromatic rings. The van der Waals surface area contributed by atoms with Crippen molar-refractivity contribution >= 4 is 50.0 Å². The molecule has 1 aliphatic carbocycles. The van der Waals surface area contributed by atoms with Crippen molar-refractivity contribution in [2.45, 2.75) is 12.8 Å². The molecule has 0 saturated heterocycles. The molecule has 1 aliphatic heterocycles. The quantitative estimate of drug-likeness (QED) is 0.212. The third-order valence-corrected chi connectivity index (χ3v) is 8.53. The van der Waals surface area contributed by atoms with Gasteiger partial charge in [0, 0.05) is 44.8 Å². The normalized spacial score (nSPS) is 14.3. The van der Waals surface area contributed by atoms with Gasteiger partial charge >= 0.3 is 0 Å². The topological polar surface area (TPSA) is 55.1 Å². The Morgan fingerprint density at radius 2 is 1.34 bits per heavy atom. The summed E-state index contributed by atoms with van der Waals surface area (Å²) < 4.78 is 6.27. The van der Waals surface area contributed by atoms with Gasteiger partial charge < -0.3 is 9.32 Å². The fourth-order valence-corrected chi connectivity index (χ4v) is 6.50. The van der Waals surface area contributed by atoms with Gasteiger partial charge in [-0.05, 0) is 54.1 Å². The number of aromatic nitrogens is 3. The third-order valence-electron chi connectivity index (χ3n) is 8.53. The summed E-state index contributed by atoms with van der Waals surface area (Å²) in [6.45, 7) is 0. The molecular formula is C39H26N4O. The van der Waals surface area contributed by atoms with Gasteiger partial charge in [0.1, 0.15) is 11.2 Å². The number of allylic oxidation sites excluding steroid dienone is 4. The highest BCUT2D eigenvalue weighted by Crippen LogP contribution is 2.44. The standard InChI is InChI=1S/C39H26N4O/c1-3-11-25(12-4-1)37-40-38(26-13-5-2-6-14-26)42-39(41-37)28-16-9-17-29(23-28)43-22-21-31-35-27(15-10-19-32(35)43)24-34-36(31)30-18-7-8-20-33(30)44-34/h1-8,10-16,18-24H,9,17H2. The highest BCUT2D eigenvalue weighted by atomic mass is 16.3. The van der Waals surface area contributed by atoms with Crippen LogP contribution in [-0.4, -0.2) is 15.0 Å². The Kier molecular flexibility index (Phi) is 5.56. The number of nitrogens with zero attached hydrogens (tertiary/aromatic N) is 4. The van der Waals surface area contributed by atoms with E-state index in [9.17, 15) is 0 Å². The molecule has 0 atom stereocenters. The molecule has 3 heterocycles. The number of rotatable bonds is 4. The number of fused-ring (bicyclic) bond motifs is 4. The summed E-state index contributed by atoms with van der Waals surface area (Å²) in [5.41, 5.74) is 8.36. The fourth-order valence-electron chi connectivity index (χ4n) is 6.50. The van der Waals surface area contributed by atoms with Gasteiger partial charge in [-0.3, -0.25) is 0 Å². The van der Waals surface area contributed by atoms with Gasteiger partial charge in [-0.15, -0.1) is 0 Å². The first-order chi connectivity index (χ1) is 21.8. The van der Waals surface area contributed by atoms with Crippen molar-refractivity contribution in [3.63, 3.8) is 0 Å². The first-order valence-electron chi connectivity index (χ1n) is 14.9. The lowest BCUT2D eigenvalue weighted by Crippen LogP contribution is -2.19. The lowest BCUT2D eigenvalue weighted by atomic mass is 9.93. The number of para-hydroxylation sites is 1. The maximum atomic E-state index is 6.27. The summed E-state index contributed by atoms with van der Waals surface area (Å²) >= 11 is 0. The predicted octanol–water partition coefficient (Wildman–Crippen LogP) is 9.81. The van der Waals surface area contributed by atoms with Gasteiger partial charge in [-0.25, -0.2) is 15.0 Å². The van der Waals surface area contributed by atoms with Gasteiger partial charge in [0.25, 0.3) is 0 Å². The van der Waals surface area contributed by atoms with E-state index < -0.39 is 0 Å². The summed E-state index contributed by atoms with van der Waals surface area (Å²) in [6.07, 6.45) is 10.7. The Labute approximate surface area is 254 Å². The van der Waals surface area contributed by atoms with E-state index in [-0.39, 0.29) is 0 Å². The molecule has 0 N–H and O–H groups in total. The van der Waals surface area contributed by atoms with Gasteiger partial charge in [-0.1, -0.05) is 97.1 Å². The minimum atomic E-state index is 0.670. The van der Waals surface area contributed by atoms with Crippen molar-refractivity contribution in [2.75, 3.05) is 4.90 Å². The molecule has 0 fully saturated rings. The van der Waals surface area contributed by atoms with Crippen LogP contribution >= 0.6 is 0 Å². The fraction of sp³-hybridized carbons (Fsp3) is 0.0513. The Bertz CT molecular complexity index is 2270. The van der Waals surface area contributed by atoms with Crippen LogP contribution in [0, 0.1) is 0 Å². The van der Waals surface area contributed by atoms with Gasteiger partial charge in [0.2, 0.25) is 0 Å². The second-order valence-corrected chi connectivity index (χ2v) is 11.2. The van der Waals surface area contributed by atoms with E-state index in [1.54, 1.807) is 0 Å². The summed E-state index contributed by atoms with van der Waals surface area (Å²) in [4.78, 5) is 17.2. The van der Waals surface area contributed by atoms with Crippen LogP contribution in [0.15, 0.2) is 138 Å². The molecular weight excluding hydrogens is 540 g/mol. The summed E-state index contributed by atoms with van der Waals surface area (Å²) in [7, 11) is 0. The van der Waals surface area contributed by atoms with E-state index in [2.05, 4.69) is 65.7 Å². The molecule has 2 aromatic heterocycles. The van der Waals surface area contributed by atoms with Crippen LogP contribution < -0.4 is 4.90 Å². The second kappa shape index (κ2) is 9.89. The van der Waals surface area contributed by atoms with E-state index in [1.807, 2.05) is 72.8 Å². The minimum absolute atomic E-state index is 0.670. The molecule has 0 unspecified atom stereocenters. The minimum Gasteiger partial charge on any atom is -0.456 e. The summed E-state index contributed by atoms with van der Waals surface area (Å²) in [5, 5.41) is 4.72. The molecule has 0 bridgehead atoms. The number of benzene rings is 5. The van der Waals surface area contributed by atoms with E-state index in [1.165, 1.54) is 33.1 Å². The highest BCUT2D eigenvalue weighted by molar-refractivity contribution is 6.19. The van der Waals surface area contributed by atoms with E-state index in [4.69, 9.17) is 19.4 Å². The summed E-state index contributed by atoms with van der Waals surface area (Å²) in [5.74, 6) is 2.02. The second-order valence-electron chi connectivity index (χ2n) is 11.2. The Balaban J connectivity index is 1.17. The Morgan fingerprint density at radius 1 is 0.636 bits per heavy atom. The zero-order valence-electron chi connectivity index (χ0n) is 23.8. The number of hydrogen-bond acceptors (Lipinski definition) is 5. The van der Waals surface area contributed by atoms with Crippen LogP contribution in [0.25, 0.3) is 67.1 Å². The molecule has 9 rings (SSSR count). The number of hydrogen-bond donors (Lipinski definition) is 0. The Morgan fingerprint density at radius 3 is 2.11 bits per heavy atom. The number of anilines is 1. The maximum absolute atomic E-state index is 6.27. The maximum Gasteiger partial charge on any atom is 0.164 e. The van der Waals surface area contributed by atoms with Crippen molar-refractivity contribution in [1.29, 1.82) is 0 Å². The lowest BCUT2D eigenvalue weighted by Gasteiger charge is -2.30. The van der Waals surface area contributed by atoms with Gasteiger partial charge in [-0.2, -0.15) is 0 Å². The van der Waals surface area contributed by atoms with Crippen molar-refractivity contribution in [2.24, 2.45) is 0 Å². The molecule has 0 amide bonds. The number of furan rings is 1. The molecule has 2 aliphatic rings. The smallest absolute Gasteiger partial charge is 0.164 e. The van der Waals surface area contributed by atoms with Crippen molar-refractivity contribution in [3.8, 4) is 22.8 Å². The molecule has 0 saturated carbocycles. The monoisotopic (exact) mass is 566 g/mol. The zero-order valence-corrected chi connectivity index (χ0v) is 23.8. The van der Waals surface area contributed by atoms with Crippen LogP contribution in [0.2, 0.25) is 0 Å². The third kappa shape index (κ3) is 3.97. The molecule has 5 heteroatoms. The van der Waals surface area contributed by atoms with Crippen LogP contribution in [0.3, 0.4) is 0 Å². The highest BCUT2D eigenvalue weighted by Gasteiger charge is 2.24. The van der Waals surface area contributed by atoms with Gasteiger partial charge in [0.15, 0.2) is 17.5 Å². The van der Waals surface area contributed by atoms with Crippen molar-refractivity contribution in [1.82, 2.24) is 15.0 Å². The summed E-state index contributed by atoms with van der Waals surface area (Å²) in [6, 6.07) is 37.2. The average molecular weight is 567 g/mol. The van der Waals surface area contributed by atoms with Crippen LogP contribution in [0.4, 0.5) is 5.69 Å². The first-order valence-corrected chi connectivity index (χ1v) is 14.9. The van der Waals surface area contributed by atoms with Crippen LogP contribution in [0.1, 0.15) is 24.2 Å². The Hall–Kier alpha value is -5.81. The first kappa shape index (κ1) is 24.8. The zero-order chi connectivity index (χ0) is 29.0. The SMILES string of the molecule is C1=CN(C2=CC(c3nc(-c4ccccc4)nc(-c4ccccc4)n3)=CCC2)c2cccc3cc4oc5ccccc5c4c1c23. The van der Waals surface area contributed by atoms with E-state index in [0.717, 1.165) is 46.1 Å². The van der Waals surface area contributed by atoms with Crippen molar-refractivity contribution in [3.05, 3.63) is 145 Å². The molecule has 0 radical (unpaired) electrons. The average Bonchev–Trinajstić information content (AvgIpc) is 3.47. The van der Waals surface area contributed by atoms with E-state index >= 15 is 0 Å². The van der Waals surface area contributed by atoms with E-state index in [0.29, 0.717) is 17.5 Å². The largest absolute Gasteiger partial charge is 0.456 e. The molecule has 44 heavy (non-hydrogen) atoms. The predicted molar refractivity (Wildman–Crippen MR) is 179 cm³/mol. The molecule has 208 valence electrons. The van der Waals surface area contributed by atoms with Gasteiger partial charge in [0.05, 0.1) is 5.69 Å². The van der Waals surface area contributed by atoms with Crippen molar-refractivity contribution < 1.29 is 4.42 Å². The molecule has 5 aromatic carbocycles.